The van der Waals surface area contributed by atoms with E-state index in [-0.39, 0.29) is 10.9 Å². The van der Waals surface area contributed by atoms with Crippen LogP contribution < -0.4 is 0 Å². The van der Waals surface area contributed by atoms with Gasteiger partial charge in [-0.1, -0.05) is 47.5 Å². The van der Waals surface area contributed by atoms with E-state index in [0.717, 1.165) is 18.4 Å². The maximum absolute atomic E-state index is 12.9. The lowest BCUT2D eigenvalue weighted by Crippen LogP contribution is -2.30. The van der Waals surface area contributed by atoms with Crippen molar-refractivity contribution in [1.29, 1.82) is 0 Å². The van der Waals surface area contributed by atoms with Crippen molar-refractivity contribution in [3.8, 4) is 0 Å². The van der Waals surface area contributed by atoms with E-state index in [1.54, 1.807) is 22.5 Å². The highest BCUT2D eigenvalue weighted by Crippen LogP contribution is 2.36. The molecule has 5 heteroatoms. The van der Waals surface area contributed by atoms with Crippen LogP contribution in [-0.4, -0.2) is 19.3 Å². The molecule has 0 amide bonds. The van der Waals surface area contributed by atoms with E-state index < -0.39 is 10.0 Å². The van der Waals surface area contributed by atoms with Crippen LogP contribution in [0.4, 0.5) is 0 Å². The second-order valence-corrected chi connectivity index (χ2v) is 7.97. The zero-order chi connectivity index (χ0) is 15.7. The number of aryl methyl sites for hydroxylation is 1. The lowest BCUT2D eigenvalue weighted by molar-refractivity contribution is 0.396. The lowest BCUT2D eigenvalue weighted by atomic mass is 10.0. The zero-order valence-electron chi connectivity index (χ0n) is 12.4. The van der Waals surface area contributed by atoms with Gasteiger partial charge in [0.2, 0.25) is 10.0 Å². The van der Waals surface area contributed by atoms with Gasteiger partial charge < -0.3 is 0 Å². The Kier molecular flexibility index (Phi) is 4.26. The first-order valence-corrected chi connectivity index (χ1v) is 9.14. The van der Waals surface area contributed by atoms with E-state index in [0.29, 0.717) is 11.6 Å². The van der Waals surface area contributed by atoms with Crippen LogP contribution >= 0.6 is 11.6 Å². The van der Waals surface area contributed by atoms with E-state index >= 15 is 0 Å². The number of hydrogen-bond acceptors (Lipinski definition) is 2. The number of sulfonamides is 1. The monoisotopic (exact) mass is 335 g/mol. The third-order valence-corrected chi connectivity index (χ3v) is 6.21. The highest BCUT2D eigenvalue weighted by Gasteiger charge is 2.36. The van der Waals surface area contributed by atoms with E-state index in [9.17, 15) is 8.42 Å². The molecule has 1 atom stereocenters. The molecule has 3 nitrogen and oxygen atoms in total. The van der Waals surface area contributed by atoms with Gasteiger partial charge in [-0.05, 0) is 43.5 Å². The smallest absolute Gasteiger partial charge is 0.207 e. The third-order valence-electron chi connectivity index (χ3n) is 4.07. The summed E-state index contributed by atoms with van der Waals surface area (Å²) in [6.07, 6.45) is 1.72. The van der Waals surface area contributed by atoms with Gasteiger partial charge in [0.25, 0.3) is 0 Å². The number of benzene rings is 2. The first-order valence-electron chi connectivity index (χ1n) is 7.32. The van der Waals surface area contributed by atoms with Gasteiger partial charge in [-0.25, -0.2) is 8.42 Å². The molecular formula is C17H18ClNO2S. The fourth-order valence-corrected chi connectivity index (χ4v) is 4.90. The number of hydrogen-bond donors (Lipinski definition) is 0. The van der Waals surface area contributed by atoms with Gasteiger partial charge in [0, 0.05) is 11.6 Å². The molecule has 0 aliphatic carbocycles. The van der Waals surface area contributed by atoms with Gasteiger partial charge in [0.1, 0.15) is 0 Å². The second kappa shape index (κ2) is 6.03. The van der Waals surface area contributed by atoms with Crippen LogP contribution in [-0.2, 0) is 10.0 Å². The van der Waals surface area contributed by atoms with Crippen molar-refractivity contribution in [2.24, 2.45) is 0 Å². The molecule has 0 radical (unpaired) electrons. The minimum Gasteiger partial charge on any atom is -0.207 e. The van der Waals surface area contributed by atoms with Crippen molar-refractivity contribution < 1.29 is 8.42 Å². The molecule has 0 N–H and O–H groups in total. The molecule has 1 aliphatic rings. The average molecular weight is 336 g/mol. The molecule has 0 saturated carbocycles. The standard InChI is InChI=1S/C17H18ClNO2S/c1-13-7-9-14(10-8-13)17-6-3-11-19(17)22(20,21)16-5-2-4-15(18)12-16/h2,4-5,7-10,12,17H,3,6,11H2,1H3/t17-/m0/s1. The highest BCUT2D eigenvalue weighted by atomic mass is 35.5. The van der Waals surface area contributed by atoms with Gasteiger partial charge in [0.15, 0.2) is 0 Å². The maximum atomic E-state index is 12.9. The summed E-state index contributed by atoms with van der Waals surface area (Å²) in [6.45, 7) is 2.58. The van der Waals surface area contributed by atoms with Crippen molar-refractivity contribution in [3.05, 3.63) is 64.7 Å². The van der Waals surface area contributed by atoms with Gasteiger partial charge in [-0.3, -0.25) is 0 Å². The molecule has 22 heavy (non-hydrogen) atoms. The molecule has 0 spiro atoms. The summed E-state index contributed by atoms with van der Waals surface area (Å²) in [5.74, 6) is 0. The Bertz CT molecular complexity index is 772. The summed E-state index contributed by atoms with van der Waals surface area (Å²) in [4.78, 5) is 0.263. The summed E-state index contributed by atoms with van der Waals surface area (Å²) in [6, 6.07) is 14.5. The molecule has 1 saturated heterocycles. The molecule has 0 unspecified atom stereocenters. The predicted octanol–water partition coefficient (Wildman–Crippen LogP) is 4.17. The minimum absolute atomic E-state index is 0.0930. The van der Waals surface area contributed by atoms with E-state index in [1.807, 2.05) is 31.2 Å². The molecule has 2 aromatic carbocycles. The minimum atomic E-state index is -3.52. The number of halogens is 1. The normalized spacial score (nSPS) is 19.5. The summed E-state index contributed by atoms with van der Waals surface area (Å²) >= 11 is 5.95. The van der Waals surface area contributed by atoms with Crippen LogP contribution in [0.25, 0.3) is 0 Å². The summed E-state index contributed by atoms with van der Waals surface area (Å²) < 4.78 is 27.4. The summed E-state index contributed by atoms with van der Waals surface area (Å²) in [5, 5.41) is 0.437. The van der Waals surface area contributed by atoms with E-state index in [1.165, 1.54) is 11.6 Å². The Labute approximate surface area is 136 Å². The quantitative estimate of drug-likeness (QED) is 0.844. The van der Waals surface area contributed by atoms with E-state index in [2.05, 4.69) is 0 Å². The largest absolute Gasteiger partial charge is 0.243 e. The van der Waals surface area contributed by atoms with E-state index in [4.69, 9.17) is 11.6 Å². The van der Waals surface area contributed by atoms with Crippen LogP contribution in [0.3, 0.4) is 0 Å². The number of rotatable bonds is 3. The van der Waals surface area contributed by atoms with Crippen molar-refractivity contribution in [2.45, 2.75) is 30.7 Å². The van der Waals surface area contributed by atoms with Crippen LogP contribution in [0.2, 0.25) is 5.02 Å². The average Bonchev–Trinajstić information content (AvgIpc) is 2.98. The fourth-order valence-electron chi connectivity index (χ4n) is 2.91. The lowest BCUT2D eigenvalue weighted by Gasteiger charge is -2.24. The molecule has 2 aromatic rings. The van der Waals surface area contributed by atoms with Gasteiger partial charge in [0.05, 0.1) is 10.9 Å². The Morgan fingerprint density at radius 2 is 1.86 bits per heavy atom. The Balaban J connectivity index is 1.97. The molecule has 3 rings (SSSR count). The fraction of sp³-hybridized carbons (Fsp3) is 0.294. The first-order chi connectivity index (χ1) is 10.5. The van der Waals surface area contributed by atoms with Crippen molar-refractivity contribution in [2.75, 3.05) is 6.54 Å². The SMILES string of the molecule is Cc1ccc([C@@H]2CCCN2S(=O)(=O)c2cccc(Cl)c2)cc1. The Morgan fingerprint density at radius 1 is 1.14 bits per heavy atom. The maximum Gasteiger partial charge on any atom is 0.243 e. The Hall–Kier alpha value is -1.36. The van der Waals surface area contributed by atoms with Gasteiger partial charge in [-0.2, -0.15) is 4.31 Å². The third kappa shape index (κ3) is 2.91. The van der Waals surface area contributed by atoms with Crippen molar-refractivity contribution in [1.82, 2.24) is 4.31 Å². The molecule has 0 bridgehead atoms. The first kappa shape index (κ1) is 15.5. The van der Waals surface area contributed by atoms with Crippen molar-refractivity contribution in [3.63, 3.8) is 0 Å². The van der Waals surface area contributed by atoms with Crippen LogP contribution in [0.1, 0.15) is 30.0 Å². The van der Waals surface area contributed by atoms with Crippen LogP contribution in [0.5, 0.6) is 0 Å². The molecule has 1 fully saturated rings. The second-order valence-electron chi connectivity index (χ2n) is 5.64. The molecule has 116 valence electrons. The molecule has 0 aromatic heterocycles. The van der Waals surface area contributed by atoms with Gasteiger partial charge >= 0.3 is 0 Å². The topological polar surface area (TPSA) is 37.4 Å². The van der Waals surface area contributed by atoms with Gasteiger partial charge in [-0.15, -0.1) is 0 Å². The molecular weight excluding hydrogens is 318 g/mol. The Morgan fingerprint density at radius 3 is 2.55 bits per heavy atom. The summed E-state index contributed by atoms with van der Waals surface area (Å²) in [7, 11) is -3.52. The summed E-state index contributed by atoms with van der Waals surface area (Å²) in [5.41, 5.74) is 2.22. The van der Waals surface area contributed by atoms with Crippen LogP contribution in [0.15, 0.2) is 53.4 Å². The number of nitrogens with zero attached hydrogens (tertiary/aromatic N) is 1. The highest BCUT2D eigenvalue weighted by molar-refractivity contribution is 7.89. The molecule has 1 heterocycles. The van der Waals surface area contributed by atoms with Crippen molar-refractivity contribution >= 4 is 21.6 Å². The van der Waals surface area contributed by atoms with Crippen LogP contribution in [0, 0.1) is 6.92 Å². The molecule has 1 aliphatic heterocycles. The predicted molar refractivity (Wildman–Crippen MR) is 88.5 cm³/mol. The zero-order valence-corrected chi connectivity index (χ0v) is 13.9.